The third-order valence-electron chi connectivity index (χ3n) is 1.90. The van der Waals surface area contributed by atoms with Crippen molar-refractivity contribution in [2.75, 3.05) is 40.0 Å². The first-order valence-electron chi connectivity index (χ1n) is 4.72. The molecule has 0 aliphatic carbocycles. The smallest absolute Gasteiger partial charge is 0.320 e. The fraction of sp³-hybridized carbons (Fsp3) is 0.667. The number of ether oxygens (including phenoxy) is 3. The van der Waals surface area contributed by atoms with E-state index < -0.39 is 17.9 Å². The molecule has 0 amide bonds. The molecule has 0 radical (unpaired) electrons. The number of cyclic esters (lactones) is 2. The monoisotopic (exact) mass is 231 g/mol. The average Bonchev–Trinajstić information content (AvgIpc) is 2.30. The molecule has 0 aromatic heterocycles. The molecule has 0 atom stereocenters. The molecule has 7 nitrogen and oxygen atoms in total. The fourth-order valence-electron chi connectivity index (χ4n) is 1.18. The summed E-state index contributed by atoms with van der Waals surface area (Å²) in [5.74, 6) is -1.52. The van der Waals surface area contributed by atoms with Crippen LogP contribution in [0.4, 0.5) is 0 Å². The van der Waals surface area contributed by atoms with E-state index in [9.17, 15) is 14.4 Å². The number of hydrogen-bond donors (Lipinski definition) is 0. The minimum atomic E-state index is -0.528. The quantitative estimate of drug-likeness (QED) is 0.425. The summed E-state index contributed by atoms with van der Waals surface area (Å²) in [6.45, 7) is -0.345. The van der Waals surface area contributed by atoms with Crippen LogP contribution in [0, 0.1) is 0 Å². The fourth-order valence-corrected chi connectivity index (χ4v) is 1.18. The number of hydrogen-bond acceptors (Lipinski definition) is 7. The van der Waals surface area contributed by atoms with E-state index in [0.717, 1.165) is 0 Å². The Morgan fingerprint density at radius 1 is 1.25 bits per heavy atom. The van der Waals surface area contributed by atoms with E-state index in [1.165, 1.54) is 12.0 Å². The maximum Gasteiger partial charge on any atom is 0.320 e. The Kier molecular flexibility index (Phi) is 4.71. The zero-order chi connectivity index (χ0) is 12.0. The molecule has 90 valence electrons. The molecule has 1 aliphatic rings. The second kappa shape index (κ2) is 6.06. The van der Waals surface area contributed by atoms with E-state index in [4.69, 9.17) is 9.47 Å². The first kappa shape index (κ1) is 12.4. The van der Waals surface area contributed by atoms with Crippen LogP contribution in [0.1, 0.15) is 0 Å². The maximum atomic E-state index is 11.2. The Balaban J connectivity index is 2.58. The summed E-state index contributed by atoms with van der Waals surface area (Å²) >= 11 is 0. The topological polar surface area (TPSA) is 82.1 Å². The molecule has 1 aliphatic heterocycles. The summed E-state index contributed by atoms with van der Waals surface area (Å²) in [5, 5.41) is 0. The highest BCUT2D eigenvalue weighted by molar-refractivity contribution is 5.78. The van der Waals surface area contributed by atoms with Gasteiger partial charge in [-0.1, -0.05) is 0 Å². The molecule has 0 aromatic carbocycles. The van der Waals surface area contributed by atoms with Crippen LogP contribution in [0.3, 0.4) is 0 Å². The second-order valence-corrected chi connectivity index (χ2v) is 3.16. The molecule has 0 N–H and O–H groups in total. The highest BCUT2D eigenvalue weighted by Gasteiger charge is 2.21. The zero-order valence-electron chi connectivity index (χ0n) is 8.93. The molecule has 1 fully saturated rings. The Bertz CT molecular complexity index is 270. The highest BCUT2D eigenvalue weighted by Crippen LogP contribution is 1.96. The summed E-state index contributed by atoms with van der Waals surface area (Å²) in [6, 6.07) is 0. The largest absolute Gasteiger partial charge is 0.468 e. The van der Waals surface area contributed by atoms with Crippen molar-refractivity contribution in [3.05, 3.63) is 0 Å². The first-order valence-corrected chi connectivity index (χ1v) is 4.72. The number of esters is 3. The number of rotatable bonds is 2. The van der Waals surface area contributed by atoms with Crippen LogP contribution >= 0.6 is 0 Å². The number of carbonyl (C=O) groups excluding carboxylic acids is 3. The molecule has 16 heavy (non-hydrogen) atoms. The predicted octanol–water partition coefficient (Wildman–Crippen LogP) is -1.44. The molecule has 0 aromatic rings. The van der Waals surface area contributed by atoms with Gasteiger partial charge in [0, 0.05) is 0 Å². The molecule has 0 spiro atoms. The maximum absolute atomic E-state index is 11.2. The molecule has 0 unspecified atom stereocenters. The molecule has 0 bridgehead atoms. The lowest BCUT2D eigenvalue weighted by atomic mass is 10.4. The van der Waals surface area contributed by atoms with Gasteiger partial charge in [0.15, 0.2) is 0 Å². The Morgan fingerprint density at radius 2 is 1.75 bits per heavy atom. The van der Waals surface area contributed by atoms with E-state index in [0.29, 0.717) is 0 Å². The minimum Gasteiger partial charge on any atom is -0.468 e. The summed E-state index contributed by atoms with van der Waals surface area (Å²) in [5.41, 5.74) is 0. The van der Waals surface area contributed by atoms with Gasteiger partial charge < -0.3 is 14.2 Å². The van der Waals surface area contributed by atoms with Crippen LogP contribution in [-0.4, -0.2) is 62.8 Å². The van der Waals surface area contributed by atoms with Crippen molar-refractivity contribution in [3.8, 4) is 0 Å². The van der Waals surface area contributed by atoms with Gasteiger partial charge in [0.1, 0.15) is 13.2 Å². The summed E-state index contributed by atoms with van der Waals surface area (Å²) in [6.07, 6.45) is 0. The van der Waals surface area contributed by atoms with Gasteiger partial charge in [0.05, 0.1) is 26.7 Å². The predicted molar refractivity (Wildman–Crippen MR) is 50.4 cm³/mol. The van der Waals surface area contributed by atoms with Crippen LogP contribution < -0.4 is 0 Å². The van der Waals surface area contributed by atoms with E-state index >= 15 is 0 Å². The third-order valence-corrected chi connectivity index (χ3v) is 1.90. The van der Waals surface area contributed by atoms with Crippen LogP contribution in [0.5, 0.6) is 0 Å². The average molecular weight is 231 g/mol. The zero-order valence-corrected chi connectivity index (χ0v) is 8.93. The molecule has 0 saturated carbocycles. The third kappa shape index (κ3) is 4.26. The van der Waals surface area contributed by atoms with Crippen molar-refractivity contribution in [2.24, 2.45) is 0 Å². The van der Waals surface area contributed by atoms with Crippen LogP contribution in [0.2, 0.25) is 0 Å². The van der Waals surface area contributed by atoms with Crippen molar-refractivity contribution in [3.63, 3.8) is 0 Å². The van der Waals surface area contributed by atoms with Gasteiger partial charge >= 0.3 is 17.9 Å². The lowest BCUT2D eigenvalue weighted by Crippen LogP contribution is -2.38. The SMILES string of the molecule is COC(=O)CN1CC(=O)OCCOC(=O)C1. The Hall–Kier alpha value is -1.63. The normalized spacial score (nSPS) is 18.8. The molecular formula is C9H13NO6. The first-order chi connectivity index (χ1) is 7.61. The second-order valence-electron chi connectivity index (χ2n) is 3.16. The lowest BCUT2D eigenvalue weighted by Gasteiger charge is -2.16. The van der Waals surface area contributed by atoms with Crippen LogP contribution in [0.15, 0.2) is 0 Å². The molecular weight excluding hydrogens is 218 g/mol. The van der Waals surface area contributed by atoms with Crippen molar-refractivity contribution >= 4 is 17.9 Å². The van der Waals surface area contributed by atoms with Gasteiger partial charge in [0.25, 0.3) is 0 Å². The lowest BCUT2D eigenvalue weighted by molar-refractivity contribution is -0.148. The van der Waals surface area contributed by atoms with Crippen molar-refractivity contribution in [1.82, 2.24) is 4.90 Å². The van der Waals surface area contributed by atoms with Crippen molar-refractivity contribution in [2.45, 2.75) is 0 Å². The molecule has 1 rings (SSSR count). The number of methoxy groups -OCH3 is 1. The summed E-state index contributed by atoms with van der Waals surface area (Å²) in [7, 11) is 1.23. The van der Waals surface area contributed by atoms with E-state index in [1.54, 1.807) is 0 Å². The van der Waals surface area contributed by atoms with Crippen LogP contribution in [-0.2, 0) is 28.6 Å². The summed E-state index contributed by atoms with van der Waals surface area (Å²) in [4.78, 5) is 34.7. The van der Waals surface area contributed by atoms with E-state index in [-0.39, 0.29) is 32.8 Å². The van der Waals surface area contributed by atoms with Gasteiger partial charge in [-0.2, -0.15) is 0 Å². The van der Waals surface area contributed by atoms with E-state index in [2.05, 4.69) is 4.74 Å². The molecule has 1 heterocycles. The van der Waals surface area contributed by atoms with Gasteiger partial charge in [-0.15, -0.1) is 0 Å². The van der Waals surface area contributed by atoms with E-state index in [1.807, 2.05) is 0 Å². The van der Waals surface area contributed by atoms with Gasteiger partial charge in [0.2, 0.25) is 0 Å². The van der Waals surface area contributed by atoms with Crippen molar-refractivity contribution in [1.29, 1.82) is 0 Å². The standard InChI is InChI=1S/C9H13NO6/c1-14-7(11)4-10-5-8(12)15-2-3-16-9(13)6-10/h2-6H2,1H3. The summed E-state index contributed by atoms with van der Waals surface area (Å²) < 4.78 is 13.9. The van der Waals surface area contributed by atoms with Gasteiger partial charge in [-0.25, -0.2) is 0 Å². The van der Waals surface area contributed by atoms with Gasteiger partial charge in [-0.3, -0.25) is 19.3 Å². The Morgan fingerprint density at radius 3 is 2.19 bits per heavy atom. The van der Waals surface area contributed by atoms with Crippen LogP contribution in [0.25, 0.3) is 0 Å². The van der Waals surface area contributed by atoms with Gasteiger partial charge in [-0.05, 0) is 0 Å². The molecule has 1 saturated heterocycles. The molecule has 7 heteroatoms. The van der Waals surface area contributed by atoms with Crippen molar-refractivity contribution < 1.29 is 28.6 Å². The number of nitrogens with zero attached hydrogens (tertiary/aromatic N) is 1. The number of carbonyl (C=O) groups is 3. The minimum absolute atomic E-state index is 0.0383. The highest BCUT2D eigenvalue weighted by atomic mass is 16.6. The Labute approximate surface area is 92.2 Å².